The van der Waals surface area contributed by atoms with E-state index in [-0.39, 0.29) is 17.9 Å². The summed E-state index contributed by atoms with van der Waals surface area (Å²) in [5.74, 6) is -0.0329. The Kier molecular flexibility index (Phi) is 5.23. The third-order valence-corrected chi connectivity index (χ3v) is 4.22. The van der Waals surface area contributed by atoms with E-state index in [0.717, 1.165) is 12.8 Å². The van der Waals surface area contributed by atoms with Gasteiger partial charge in [0.15, 0.2) is 0 Å². The fraction of sp³-hybridized carbons (Fsp3) is 0.500. The molecule has 1 atom stereocenters. The zero-order chi connectivity index (χ0) is 15.4. The number of hydrogen-bond acceptors (Lipinski definition) is 2. The van der Waals surface area contributed by atoms with Crippen LogP contribution in [0, 0.1) is 0 Å². The van der Waals surface area contributed by atoms with E-state index in [1.807, 2.05) is 13.8 Å². The maximum Gasteiger partial charge on any atom is 0.254 e. The molecule has 1 aromatic rings. The van der Waals surface area contributed by atoms with Crippen LogP contribution in [0.15, 0.2) is 24.3 Å². The average Bonchev–Trinajstić information content (AvgIpc) is 2.97. The lowest BCUT2D eigenvalue weighted by Crippen LogP contribution is -2.47. The van der Waals surface area contributed by atoms with Gasteiger partial charge >= 0.3 is 0 Å². The zero-order valence-electron chi connectivity index (χ0n) is 12.5. The third kappa shape index (κ3) is 3.38. The summed E-state index contributed by atoms with van der Waals surface area (Å²) >= 11 is 5.85. The van der Waals surface area contributed by atoms with Gasteiger partial charge in [-0.1, -0.05) is 11.6 Å². The Bertz CT molecular complexity index is 512. The highest BCUT2D eigenvalue weighted by Gasteiger charge is 2.36. The average molecular weight is 309 g/mol. The van der Waals surface area contributed by atoms with Crippen molar-refractivity contribution in [3.05, 3.63) is 34.9 Å². The predicted octanol–water partition coefficient (Wildman–Crippen LogP) is 2.81. The smallest absolute Gasteiger partial charge is 0.254 e. The Morgan fingerprint density at radius 1 is 1.24 bits per heavy atom. The van der Waals surface area contributed by atoms with Crippen molar-refractivity contribution < 1.29 is 9.59 Å². The molecule has 0 aromatic heterocycles. The van der Waals surface area contributed by atoms with E-state index in [9.17, 15) is 9.59 Å². The van der Waals surface area contributed by atoms with Crippen LogP contribution in [0.1, 0.15) is 37.0 Å². The summed E-state index contributed by atoms with van der Waals surface area (Å²) in [7, 11) is 0. The first-order valence-electron chi connectivity index (χ1n) is 7.43. The van der Waals surface area contributed by atoms with Gasteiger partial charge in [0.1, 0.15) is 6.04 Å². The van der Waals surface area contributed by atoms with Crippen molar-refractivity contribution in [2.24, 2.45) is 0 Å². The Morgan fingerprint density at radius 3 is 2.43 bits per heavy atom. The number of benzene rings is 1. The summed E-state index contributed by atoms with van der Waals surface area (Å²) in [5.41, 5.74) is 0.582. The Labute approximate surface area is 130 Å². The number of likely N-dealkylation sites (N-methyl/N-ethyl adjacent to an activating group) is 1. The number of carbonyl (C=O) groups is 2. The quantitative estimate of drug-likeness (QED) is 0.858. The number of rotatable bonds is 4. The lowest BCUT2D eigenvalue weighted by atomic mass is 10.1. The van der Waals surface area contributed by atoms with Gasteiger partial charge in [0.25, 0.3) is 5.91 Å². The van der Waals surface area contributed by atoms with Crippen molar-refractivity contribution in [3.63, 3.8) is 0 Å². The molecular weight excluding hydrogens is 288 g/mol. The van der Waals surface area contributed by atoms with Gasteiger partial charge in [0.05, 0.1) is 0 Å². The Hall–Kier alpha value is -1.55. The first-order chi connectivity index (χ1) is 10.1. The van der Waals surface area contributed by atoms with E-state index in [4.69, 9.17) is 11.6 Å². The fourth-order valence-electron chi connectivity index (χ4n) is 2.77. The van der Waals surface area contributed by atoms with Crippen LogP contribution in [0.5, 0.6) is 0 Å². The number of nitrogens with zero attached hydrogens (tertiary/aromatic N) is 2. The summed E-state index contributed by atoms with van der Waals surface area (Å²) in [6.07, 6.45) is 1.62. The zero-order valence-corrected chi connectivity index (χ0v) is 13.3. The molecule has 1 aliphatic rings. The highest BCUT2D eigenvalue weighted by Crippen LogP contribution is 2.22. The Balaban J connectivity index is 2.16. The van der Waals surface area contributed by atoms with Crippen LogP contribution in [0.25, 0.3) is 0 Å². The monoisotopic (exact) mass is 308 g/mol. The molecule has 1 aromatic carbocycles. The van der Waals surface area contributed by atoms with Gasteiger partial charge in [-0.05, 0) is 51.0 Å². The van der Waals surface area contributed by atoms with Crippen LogP contribution in [0.4, 0.5) is 0 Å². The van der Waals surface area contributed by atoms with Gasteiger partial charge in [0.2, 0.25) is 5.91 Å². The minimum Gasteiger partial charge on any atom is -0.341 e. The maximum atomic E-state index is 12.6. The molecule has 0 saturated carbocycles. The van der Waals surface area contributed by atoms with E-state index in [1.165, 1.54) is 0 Å². The minimum absolute atomic E-state index is 0.0554. The van der Waals surface area contributed by atoms with Crippen molar-refractivity contribution in [2.45, 2.75) is 32.7 Å². The molecule has 0 aliphatic carbocycles. The van der Waals surface area contributed by atoms with Crippen LogP contribution in [-0.2, 0) is 4.79 Å². The largest absolute Gasteiger partial charge is 0.341 e. The van der Waals surface area contributed by atoms with Crippen LogP contribution in [0.3, 0.4) is 0 Å². The van der Waals surface area contributed by atoms with Crippen LogP contribution < -0.4 is 0 Å². The topological polar surface area (TPSA) is 40.6 Å². The number of hydrogen-bond donors (Lipinski definition) is 0. The summed E-state index contributed by atoms with van der Waals surface area (Å²) in [5, 5.41) is 0.601. The summed E-state index contributed by atoms with van der Waals surface area (Å²) in [6.45, 7) is 5.91. The lowest BCUT2D eigenvalue weighted by Gasteiger charge is -2.29. The summed E-state index contributed by atoms with van der Waals surface area (Å²) in [4.78, 5) is 28.6. The highest BCUT2D eigenvalue weighted by atomic mass is 35.5. The summed E-state index contributed by atoms with van der Waals surface area (Å²) < 4.78 is 0. The normalized spacial score (nSPS) is 17.9. The summed E-state index contributed by atoms with van der Waals surface area (Å²) in [6, 6.07) is 6.50. The number of likely N-dealkylation sites (tertiary alicyclic amines) is 1. The molecule has 1 unspecified atom stereocenters. The van der Waals surface area contributed by atoms with Gasteiger partial charge in [-0.25, -0.2) is 0 Å². The molecule has 2 rings (SSSR count). The number of carbonyl (C=O) groups excluding carboxylic acids is 2. The van der Waals surface area contributed by atoms with Crippen molar-refractivity contribution in [3.8, 4) is 0 Å². The molecule has 114 valence electrons. The molecule has 1 aliphatic heterocycles. The molecule has 1 saturated heterocycles. The van der Waals surface area contributed by atoms with Gasteiger partial charge in [-0.2, -0.15) is 0 Å². The number of halogens is 1. The molecule has 4 nitrogen and oxygen atoms in total. The molecule has 2 amide bonds. The highest BCUT2D eigenvalue weighted by molar-refractivity contribution is 6.30. The molecule has 1 fully saturated rings. The molecule has 0 spiro atoms. The molecule has 21 heavy (non-hydrogen) atoms. The van der Waals surface area contributed by atoms with Crippen LogP contribution in [0.2, 0.25) is 5.02 Å². The van der Waals surface area contributed by atoms with Crippen molar-refractivity contribution in [2.75, 3.05) is 19.6 Å². The van der Waals surface area contributed by atoms with Crippen LogP contribution in [-0.4, -0.2) is 47.3 Å². The SMILES string of the molecule is CCN(CC)C(=O)C1CCCN1C(=O)c1ccc(Cl)cc1. The van der Waals surface area contributed by atoms with Crippen molar-refractivity contribution in [1.82, 2.24) is 9.80 Å². The molecule has 1 heterocycles. The van der Waals surface area contributed by atoms with Crippen molar-refractivity contribution in [1.29, 1.82) is 0 Å². The second-order valence-corrected chi connectivity index (χ2v) is 5.61. The molecule has 0 N–H and O–H groups in total. The van der Waals surface area contributed by atoms with E-state index in [0.29, 0.717) is 30.2 Å². The second-order valence-electron chi connectivity index (χ2n) is 5.17. The van der Waals surface area contributed by atoms with Crippen molar-refractivity contribution >= 4 is 23.4 Å². The second kappa shape index (κ2) is 6.94. The third-order valence-electron chi connectivity index (χ3n) is 3.97. The van der Waals surface area contributed by atoms with E-state index < -0.39 is 0 Å². The van der Waals surface area contributed by atoms with E-state index in [2.05, 4.69) is 0 Å². The molecule has 5 heteroatoms. The molecular formula is C16H21ClN2O2. The Morgan fingerprint density at radius 2 is 1.86 bits per heavy atom. The number of amides is 2. The predicted molar refractivity (Wildman–Crippen MR) is 83.4 cm³/mol. The van der Waals surface area contributed by atoms with Gasteiger partial charge in [-0.15, -0.1) is 0 Å². The molecule has 0 radical (unpaired) electrons. The lowest BCUT2D eigenvalue weighted by molar-refractivity contribution is -0.134. The first kappa shape index (κ1) is 15.8. The maximum absolute atomic E-state index is 12.6. The fourth-order valence-corrected chi connectivity index (χ4v) is 2.90. The van der Waals surface area contributed by atoms with E-state index >= 15 is 0 Å². The molecule has 0 bridgehead atoms. The van der Waals surface area contributed by atoms with Crippen LogP contribution >= 0.6 is 11.6 Å². The van der Waals surface area contributed by atoms with E-state index in [1.54, 1.807) is 34.1 Å². The van der Waals surface area contributed by atoms with Gasteiger partial charge in [-0.3, -0.25) is 9.59 Å². The van der Waals surface area contributed by atoms with Gasteiger partial charge in [0, 0.05) is 30.2 Å². The first-order valence-corrected chi connectivity index (χ1v) is 7.81. The standard InChI is InChI=1S/C16H21ClN2O2/c1-3-18(4-2)16(21)14-6-5-11-19(14)15(20)12-7-9-13(17)10-8-12/h7-10,14H,3-6,11H2,1-2H3. The van der Waals surface area contributed by atoms with Gasteiger partial charge < -0.3 is 9.80 Å². The minimum atomic E-state index is -0.326.